The molecule has 0 atom stereocenters. The van der Waals surface area contributed by atoms with E-state index in [0.29, 0.717) is 12.1 Å². The maximum Gasteiger partial charge on any atom is 0.253 e. The van der Waals surface area contributed by atoms with Gasteiger partial charge in [0.1, 0.15) is 12.7 Å². The summed E-state index contributed by atoms with van der Waals surface area (Å²) < 4.78 is 1.70. The zero-order valence-electron chi connectivity index (χ0n) is 12.4. The Morgan fingerprint density at radius 2 is 1.78 bits per heavy atom. The number of benzene rings is 2. The van der Waals surface area contributed by atoms with Crippen LogP contribution in [0.1, 0.15) is 21.5 Å². The molecule has 116 valence electrons. The monoisotopic (exact) mass is 308 g/mol. The Balaban J connectivity index is 1.76. The van der Waals surface area contributed by atoms with Gasteiger partial charge in [0.2, 0.25) is 0 Å². The zero-order chi connectivity index (χ0) is 16.1. The molecule has 0 aliphatic rings. The summed E-state index contributed by atoms with van der Waals surface area (Å²) >= 11 is 0. The molecule has 1 heterocycles. The minimum atomic E-state index is -0.177. The second-order valence-electron chi connectivity index (χ2n) is 5.05. The van der Waals surface area contributed by atoms with Crippen molar-refractivity contribution in [2.45, 2.75) is 13.2 Å². The van der Waals surface area contributed by atoms with Crippen LogP contribution in [0.4, 0.5) is 0 Å². The smallest absolute Gasteiger partial charge is 0.253 e. The van der Waals surface area contributed by atoms with Crippen molar-refractivity contribution in [1.82, 2.24) is 20.1 Å². The van der Waals surface area contributed by atoms with Crippen molar-refractivity contribution in [2.24, 2.45) is 0 Å². The molecular weight excluding hydrogens is 292 g/mol. The second-order valence-corrected chi connectivity index (χ2v) is 5.05. The van der Waals surface area contributed by atoms with E-state index in [2.05, 4.69) is 15.5 Å². The summed E-state index contributed by atoms with van der Waals surface area (Å²) in [7, 11) is 0. The molecule has 0 unspecified atom stereocenters. The Labute approximate surface area is 133 Å². The molecule has 0 bridgehead atoms. The van der Waals surface area contributed by atoms with E-state index < -0.39 is 0 Å². The molecule has 0 spiro atoms. The van der Waals surface area contributed by atoms with Crippen LogP contribution in [0.15, 0.2) is 61.2 Å². The second kappa shape index (κ2) is 6.85. The summed E-state index contributed by atoms with van der Waals surface area (Å²) in [5, 5.41) is 19.6. The minimum Gasteiger partial charge on any atom is -0.392 e. The lowest BCUT2D eigenvalue weighted by Gasteiger charge is -2.10. The summed E-state index contributed by atoms with van der Waals surface area (Å²) in [5.41, 5.74) is 3.03. The Kier molecular flexibility index (Phi) is 4.44. The van der Waals surface area contributed by atoms with Crippen molar-refractivity contribution >= 4 is 5.91 Å². The van der Waals surface area contributed by atoms with Crippen molar-refractivity contribution in [3.05, 3.63) is 77.9 Å². The van der Waals surface area contributed by atoms with Gasteiger partial charge in [-0.1, -0.05) is 36.4 Å². The summed E-state index contributed by atoms with van der Waals surface area (Å²) in [5.74, 6) is -0.177. The molecule has 2 N–H and O–H groups in total. The molecular formula is C17H16N4O2. The van der Waals surface area contributed by atoms with Crippen LogP contribution in [0.2, 0.25) is 0 Å². The molecule has 2 aromatic carbocycles. The SMILES string of the molecule is O=C(NCc1cccc(CO)c1)c1ccccc1-n1cnnc1. The van der Waals surface area contributed by atoms with Crippen molar-refractivity contribution in [3.8, 4) is 5.69 Å². The van der Waals surface area contributed by atoms with Crippen LogP contribution in [0.3, 0.4) is 0 Å². The number of aromatic nitrogens is 3. The standard InChI is InChI=1S/C17H16N4O2/c22-10-14-5-3-4-13(8-14)9-18-17(23)15-6-1-2-7-16(15)21-11-19-20-12-21/h1-8,11-12,22H,9-10H2,(H,18,23). The first-order valence-corrected chi connectivity index (χ1v) is 7.19. The lowest BCUT2D eigenvalue weighted by Crippen LogP contribution is -2.24. The van der Waals surface area contributed by atoms with Gasteiger partial charge in [-0.05, 0) is 23.3 Å². The summed E-state index contributed by atoms with van der Waals surface area (Å²) in [4.78, 5) is 12.5. The van der Waals surface area contributed by atoms with E-state index in [9.17, 15) is 4.79 Å². The van der Waals surface area contributed by atoms with Crippen molar-refractivity contribution in [2.75, 3.05) is 0 Å². The Morgan fingerprint density at radius 1 is 1.04 bits per heavy atom. The third kappa shape index (κ3) is 3.44. The fourth-order valence-electron chi connectivity index (χ4n) is 2.33. The first-order chi connectivity index (χ1) is 11.3. The third-order valence-corrected chi connectivity index (χ3v) is 3.47. The van der Waals surface area contributed by atoms with Crippen LogP contribution in [-0.4, -0.2) is 25.8 Å². The molecule has 0 radical (unpaired) electrons. The largest absolute Gasteiger partial charge is 0.392 e. The highest BCUT2D eigenvalue weighted by molar-refractivity contribution is 5.97. The number of hydrogen-bond donors (Lipinski definition) is 2. The van der Waals surface area contributed by atoms with Gasteiger partial charge >= 0.3 is 0 Å². The average Bonchev–Trinajstić information content (AvgIpc) is 3.14. The molecule has 0 fully saturated rings. The third-order valence-electron chi connectivity index (χ3n) is 3.47. The zero-order valence-corrected chi connectivity index (χ0v) is 12.4. The molecule has 0 aliphatic carbocycles. The number of nitrogens with one attached hydrogen (secondary N) is 1. The molecule has 23 heavy (non-hydrogen) atoms. The number of carbonyl (C=O) groups is 1. The number of aliphatic hydroxyl groups excluding tert-OH is 1. The highest BCUT2D eigenvalue weighted by Gasteiger charge is 2.12. The number of nitrogens with zero attached hydrogens (tertiary/aromatic N) is 3. The van der Waals surface area contributed by atoms with E-state index in [-0.39, 0.29) is 12.5 Å². The van der Waals surface area contributed by atoms with E-state index in [1.54, 1.807) is 23.3 Å². The van der Waals surface area contributed by atoms with E-state index in [4.69, 9.17) is 5.11 Å². The molecule has 3 aromatic rings. The first-order valence-electron chi connectivity index (χ1n) is 7.19. The molecule has 0 aliphatic heterocycles. The van der Waals surface area contributed by atoms with Gasteiger partial charge in [0.25, 0.3) is 5.91 Å². The molecule has 0 saturated carbocycles. The quantitative estimate of drug-likeness (QED) is 0.751. The molecule has 3 rings (SSSR count). The summed E-state index contributed by atoms with van der Waals surface area (Å²) in [6.45, 7) is 0.376. The van der Waals surface area contributed by atoms with E-state index >= 15 is 0 Å². The van der Waals surface area contributed by atoms with Gasteiger partial charge in [-0.15, -0.1) is 10.2 Å². The van der Waals surface area contributed by atoms with Crippen LogP contribution in [0.25, 0.3) is 5.69 Å². The van der Waals surface area contributed by atoms with Crippen LogP contribution in [0, 0.1) is 0 Å². The van der Waals surface area contributed by atoms with Gasteiger partial charge in [-0.3, -0.25) is 9.36 Å². The molecule has 1 amide bonds. The Hall–Kier alpha value is -2.99. The lowest BCUT2D eigenvalue weighted by molar-refractivity contribution is 0.0951. The predicted molar refractivity (Wildman–Crippen MR) is 84.9 cm³/mol. The van der Waals surface area contributed by atoms with Gasteiger partial charge in [0.15, 0.2) is 0 Å². The van der Waals surface area contributed by atoms with E-state index in [0.717, 1.165) is 16.8 Å². The van der Waals surface area contributed by atoms with E-state index in [1.165, 1.54) is 0 Å². The van der Waals surface area contributed by atoms with Gasteiger partial charge in [0, 0.05) is 6.54 Å². The molecule has 6 nitrogen and oxygen atoms in total. The number of hydrogen-bond acceptors (Lipinski definition) is 4. The number of aliphatic hydroxyl groups is 1. The van der Waals surface area contributed by atoms with E-state index in [1.807, 2.05) is 42.5 Å². The number of rotatable bonds is 5. The van der Waals surface area contributed by atoms with Crippen LogP contribution in [-0.2, 0) is 13.2 Å². The van der Waals surface area contributed by atoms with Crippen LogP contribution < -0.4 is 5.32 Å². The molecule has 6 heteroatoms. The Bertz CT molecular complexity index is 800. The summed E-state index contributed by atoms with van der Waals surface area (Å²) in [6, 6.07) is 14.7. The fraction of sp³-hybridized carbons (Fsp3) is 0.118. The predicted octanol–water partition coefficient (Wildman–Crippen LogP) is 1.69. The van der Waals surface area contributed by atoms with Gasteiger partial charge in [-0.2, -0.15) is 0 Å². The topological polar surface area (TPSA) is 80.0 Å². The van der Waals surface area contributed by atoms with Gasteiger partial charge < -0.3 is 10.4 Å². The highest BCUT2D eigenvalue weighted by Crippen LogP contribution is 2.14. The number of amides is 1. The van der Waals surface area contributed by atoms with Crippen LogP contribution in [0.5, 0.6) is 0 Å². The summed E-state index contributed by atoms with van der Waals surface area (Å²) in [6.07, 6.45) is 3.10. The Morgan fingerprint density at radius 3 is 2.57 bits per heavy atom. The maximum absolute atomic E-state index is 12.5. The first kappa shape index (κ1) is 14.9. The number of para-hydroxylation sites is 1. The average molecular weight is 308 g/mol. The van der Waals surface area contributed by atoms with Gasteiger partial charge in [-0.25, -0.2) is 0 Å². The van der Waals surface area contributed by atoms with Crippen LogP contribution >= 0.6 is 0 Å². The maximum atomic E-state index is 12.5. The number of carbonyl (C=O) groups excluding carboxylic acids is 1. The lowest BCUT2D eigenvalue weighted by atomic mass is 10.1. The molecule has 0 saturated heterocycles. The van der Waals surface area contributed by atoms with Crippen molar-refractivity contribution in [3.63, 3.8) is 0 Å². The fourth-order valence-corrected chi connectivity index (χ4v) is 2.33. The highest BCUT2D eigenvalue weighted by atomic mass is 16.3. The minimum absolute atomic E-state index is 0.0156. The molecule has 1 aromatic heterocycles. The van der Waals surface area contributed by atoms with Crippen molar-refractivity contribution in [1.29, 1.82) is 0 Å². The van der Waals surface area contributed by atoms with Gasteiger partial charge in [0.05, 0.1) is 17.9 Å². The van der Waals surface area contributed by atoms with Crippen molar-refractivity contribution < 1.29 is 9.90 Å². The normalized spacial score (nSPS) is 10.5.